The summed E-state index contributed by atoms with van der Waals surface area (Å²) < 4.78 is 0. The topological polar surface area (TPSA) is 44.4 Å². The summed E-state index contributed by atoms with van der Waals surface area (Å²) >= 11 is 0. The molecule has 0 aromatic carbocycles. The summed E-state index contributed by atoms with van der Waals surface area (Å²) in [6, 6.07) is 0.623. The van der Waals surface area contributed by atoms with Gasteiger partial charge in [0.25, 0.3) is 0 Å². The molecule has 0 aromatic rings. The van der Waals surface area contributed by atoms with Crippen LogP contribution in [0.3, 0.4) is 0 Å². The van der Waals surface area contributed by atoms with E-state index >= 15 is 0 Å². The van der Waals surface area contributed by atoms with E-state index in [-0.39, 0.29) is 11.9 Å². The van der Waals surface area contributed by atoms with E-state index in [1.165, 1.54) is 6.42 Å². The first-order chi connectivity index (χ1) is 8.15. The molecular formula is C13H27N3O. The highest BCUT2D eigenvalue weighted by Crippen LogP contribution is 2.06. The van der Waals surface area contributed by atoms with Crippen LogP contribution in [0.4, 0.5) is 0 Å². The zero-order chi connectivity index (χ0) is 12.7. The average Bonchev–Trinajstić information content (AvgIpc) is 2.38. The van der Waals surface area contributed by atoms with Crippen LogP contribution in [0.5, 0.6) is 0 Å². The van der Waals surface area contributed by atoms with Crippen LogP contribution < -0.4 is 10.6 Å². The number of carbonyl (C=O) groups excluding carboxylic acids is 1. The number of nitrogens with one attached hydrogen (secondary N) is 2. The van der Waals surface area contributed by atoms with Crippen molar-refractivity contribution in [3.05, 3.63) is 0 Å². The van der Waals surface area contributed by atoms with Gasteiger partial charge in [0.05, 0.1) is 6.04 Å². The van der Waals surface area contributed by atoms with E-state index in [1.807, 2.05) is 0 Å². The van der Waals surface area contributed by atoms with Crippen LogP contribution >= 0.6 is 0 Å². The van der Waals surface area contributed by atoms with Crippen molar-refractivity contribution in [2.24, 2.45) is 0 Å². The summed E-state index contributed by atoms with van der Waals surface area (Å²) in [7, 11) is 2.11. The van der Waals surface area contributed by atoms with Gasteiger partial charge >= 0.3 is 0 Å². The van der Waals surface area contributed by atoms with E-state index < -0.39 is 0 Å². The predicted molar refractivity (Wildman–Crippen MR) is 71.0 cm³/mol. The van der Waals surface area contributed by atoms with E-state index in [4.69, 9.17) is 0 Å². The van der Waals surface area contributed by atoms with Gasteiger partial charge in [0.15, 0.2) is 0 Å². The first-order valence-electron chi connectivity index (χ1n) is 6.86. The fourth-order valence-corrected chi connectivity index (χ4v) is 2.09. The van der Waals surface area contributed by atoms with Crippen molar-refractivity contribution >= 4 is 5.91 Å². The van der Waals surface area contributed by atoms with Gasteiger partial charge in [0.2, 0.25) is 5.91 Å². The molecular weight excluding hydrogens is 214 g/mol. The van der Waals surface area contributed by atoms with Gasteiger partial charge < -0.3 is 15.5 Å². The van der Waals surface area contributed by atoms with Crippen molar-refractivity contribution < 1.29 is 4.79 Å². The lowest BCUT2D eigenvalue weighted by Crippen LogP contribution is -2.48. The highest BCUT2D eigenvalue weighted by molar-refractivity contribution is 5.81. The summed E-state index contributed by atoms with van der Waals surface area (Å²) in [5.74, 6) is 0.169. The fourth-order valence-electron chi connectivity index (χ4n) is 2.09. The van der Waals surface area contributed by atoms with Crippen LogP contribution in [-0.4, -0.2) is 49.6 Å². The summed E-state index contributed by atoms with van der Waals surface area (Å²) in [4.78, 5) is 14.1. The second-order valence-corrected chi connectivity index (χ2v) is 5.03. The Labute approximate surface area is 105 Å². The second kappa shape index (κ2) is 7.67. The van der Waals surface area contributed by atoms with E-state index in [0.29, 0.717) is 6.04 Å². The van der Waals surface area contributed by atoms with E-state index in [2.05, 4.69) is 36.4 Å². The molecule has 1 saturated heterocycles. The molecule has 1 fully saturated rings. The van der Waals surface area contributed by atoms with Crippen LogP contribution in [0.2, 0.25) is 0 Å². The quantitative estimate of drug-likeness (QED) is 0.728. The zero-order valence-electron chi connectivity index (χ0n) is 11.5. The van der Waals surface area contributed by atoms with E-state index in [0.717, 1.165) is 38.9 Å². The smallest absolute Gasteiger partial charge is 0.237 e. The Morgan fingerprint density at radius 3 is 2.88 bits per heavy atom. The molecule has 1 amide bonds. The highest BCUT2D eigenvalue weighted by atomic mass is 16.2. The third-order valence-electron chi connectivity index (χ3n) is 3.73. The lowest BCUT2D eigenvalue weighted by Gasteiger charge is -2.25. The van der Waals surface area contributed by atoms with Crippen molar-refractivity contribution in [2.45, 2.75) is 51.6 Å². The van der Waals surface area contributed by atoms with E-state index in [1.54, 1.807) is 0 Å². The van der Waals surface area contributed by atoms with Gasteiger partial charge in [0, 0.05) is 19.1 Å². The minimum Gasteiger partial charge on any atom is -0.353 e. The molecule has 1 aliphatic heterocycles. The molecule has 1 heterocycles. The molecule has 4 nitrogen and oxygen atoms in total. The highest BCUT2D eigenvalue weighted by Gasteiger charge is 2.19. The molecule has 2 atom stereocenters. The van der Waals surface area contributed by atoms with Crippen molar-refractivity contribution in [2.75, 3.05) is 26.7 Å². The summed E-state index contributed by atoms with van der Waals surface area (Å²) in [5.41, 5.74) is 0. The van der Waals surface area contributed by atoms with Gasteiger partial charge in [-0.2, -0.15) is 0 Å². The SMILES string of the molecule is CCC(C)N(C)CCNC(=O)[C@H]1CCCCN1. The number of carbonyl (C=O) groups is 1. The molecule has 1 rings (SSSR count). The monoisotopic (exact) mass is 241 g/mol. The molecule has 2 N–H and O–H groups in total. The Bertz CT molecular complexity index is 227. The van der Waals surface area contributed by atoms with Crippen molar-refractivity contribution in [3.8, 4) is 0 Å². The van der Waals surface area contributed by atoms with Gasteiger partial charge in [-0.15, -0.1) is 0 Å². The standard InChI is InChI=1S/C13H27N3O/c1-4-11(2)16(3)10-9-15-13(17)12-7-5-6-8-14-12/h11-12,14H,4-10H2,1-3H3,(H,15,17)/t11?,12-/m1/s1. The summed E-state index contributed by atoms with van der Waals surface area (Å²) in [6.07, 6.45) is 4.49. The van der Waals surface area contributed by atoms with Crippen LogP contribution in [0.25, 0.3) is 0 Å². The first-order valence-corrected chi connectivity index (χ1v) is 6.86. The number of likely N-dealkylation sites (N-methyl/N-ethyl adjacent to an activating group) is 1. The maximum absolute atomic E-state index is 11.8. The van der Waals surface area contributed by atoms with Gasteiger partial charge in [-0.3, -0.25) is 4.79 Å². The van der Waals surface area contributed by atoms with Crippen molar-refractivity contribution in [1.82, 2.24) is 15.5 Å². The van der Waals surface area contributed by atoms with Crippen LogP contribution in [0.1, 0.15) is 39.5 Å². The number of amides is 1. The van der Waals surface area contributed by atoms with Gasteiger partial charge in [-0.25, -0.2) is 0 Å². The number of piperidine rings is 1. The number of hydrogen-bond donors (Lipinski definition) is 2. The second-order valence-electron chi connectivity index (χ2n) is 5.03. The lowest BCUT2D eigenvalue weighted by atomic mass is 10.0. The first kappa shape index (κ1) is 14.5. The Morgan fingerprint density at radius 2 is 2.29 bits per heavy atom. The zero-order valence-corrected chi connectivity index (χ0v) is 11.5. The van der Waals surface area contributed by atoms with Gasteiger partial charge in [0.1, 0.15) is 0 Å². The Kier molecular flexibility index (Phi) is 6.52. The maximum Gasteiger partial charge on any atom is 0.237 e. The molecule has 1 aliphatic rings. The Hall–Kier alpha value is -0.610. The minimum absolute atomic E-state index is 0.0395. The van der Waals surface area contributed by atoms with Crippen molar-refractivity contribution in [3.63, 3.8) is 0 Å². The van der Waals surface area contributed by atoms with Crippen LogP contribution in [0, 0.1) is 0 Å². The molecule has 0 radical (unpaired) electrons. The molecule has 0 saturated carbocycles. The molecule has 17 heavy (non-hydrogen) atoms. The lowest BCUT2D eigenvalue weighted by molar-refractivity contribution is -0.123. The van der Waals surface area contributed by atoms with Gasteiger partial charge in [-0.1, -0.05) is 13.3 Å². The third-order valence-corrected chi connectivity index (χ3v) is 3.73. The molecule has 0 bridgehead atoms. The predicted octanol–water partition coefficient (Wildman–Crippen LogP) is 0.975. The Balaban J connectivity index is 2.15. The molecule has 100 valence electrons. The molecule has 1 unspecified atom stereocenters. The third kappa shape index (κ3) is 5.04. The summed E-state index contributed by atoms with van der Waals surface area (Å²) in [6.45, 7) is 7.05. The molecule has 0 aromatic heterocycles. The molecule has 0 spiro atoms. The largest absolute Gasteiger partial charge is 0.353 e. The number of nitrogens with zero attached hydrogens (tertiary/aromatic N) is 1. The van der Waals surface area contributed by atoms with Crippen LogP contribution in [-0.2, 0) is 4.79 Å². The molecule has 0 aliphatic carbocycles. The Morgan fingerprint density at radius 1 is 1.53 bits per heavy atom. The van der Waals surface area contributed by atoms with Crippen LogP contribution in [0.15, 0.2) is 0 Å². The number of hydrogen-bond acceptors (Lipinski definition) is 3. The normalized spacial score (nSPS) is 22.5. The summed E-state index contributed by atoms with van der Waals surface area (Å²) in [5, 5.41) is 6.28. The average molecular weight is 241 g/mol. The van der Waals surface area contributed by atoms with E-state index in [9.17, 15) is 4.79 Å². The van der Waals surface area contributed by atoms with Crippen molar-refractivity contribution in [1.29, 1.82) is 0 Å². The minimum atomic E-state index is 0.0395. The maximum atomic E-state index is 11.8. The van der Waals surface area contributed by atoms with Gasteiger partial charge in [-0.05, 0) is 39.8 Å². The number of rotatable bonds is 6. The molecule has 4 heteroatoms. The fraction of sp³-hybridized carbons (Fsp3) is 0.923.